The SMILES string of the molecule is O=C(O)[C@@]1(O)C[C@@H](O)[C@H](O)C(OCc2ccc3sccc3c2)=C1Cc1cccs1. The van der Waals surface area contributed by atoms with Crippen LogP contribution in [-0.4, -0.2) is 44.2 Å². The van der Waals surface area contributed by atoms with E-state index in [1.165, 1.54) is 11.3 Å². The zero-order valence-corrected chi connectivity index (χ0v) is 16.9. The number of fused-ring (bicyclic) bond motifs is 1. The van der Waals surface area contributed by atoms with Gasteiger partial charge in [0.2, 0.25) is 0 Å². The molecule has 0 aliphatic heterocycles. The number of carboxylic acids is 1. The van der Waals surface area contributed by atoms with Crippen LogP contribution in [0.4, 0.5) is 0 Å². The molecule has 2 heterocycles. The van der Waals surface area contributed by atoms with Crippen molar-refractivity contribution in [2.24, 2.45) is 0 Å². The average Bonchev–Trinajstić information content (AvgIpc) is 3.36. The van der Waals surface area contributed by atoms with E-state index in [-0.39, 0.29) is 24.4 Å². The predicted octanol–water partition coefficient (Wildman–Crippen LogP) is 2.92. The Kier molecular flexibility index (Phi) is 5.46. The molecule has 4 rings (SSSR count). The highest BCUT2D eigenvalue weighted by atomic mass is 32.1. The second-order valence-electron chi connectivity index (χ2n) is 7.06. The van der Waals surface area contributed by atoms with E-state index in [4.69, 9.17) is 4.74 Å². The fraction of sp³-hybridized carbons (Fsp3) is 0.286. The number of aliphatic hydroxyl groups excluding tert-OH is 2. The molecule has 0 saturated carbocycles. The van der Waals surface area contributed by atoms with Gasteiger partial charge in [-0.2, -0.15) is 0 Å². The van der Waals surface area contributed by atoms with E-state index in [1.54, 1.807) is 11.3 Å². The number of aliphatic hydroxyl groups is 3. The fourth-order valence-corrected chi connectivity index (χ4v) is 5.06. The highest BCUT2D eigenvalue weighted by Crippen LogP contribution is 2.38. The molecule has 6 nitrogen and oxygen atoms in total. The molecule has 1 aliphatic rings. The third kappa shape index (κ3) is 3.82. The summed E-state index contributed by atoms with van der Waals surface area (Å²) in [6.45, 7) is 0.0779. The molecule has 0 bridgehead atoms. The van der Waals surface area contributed by atoms with Gasteiger partial charge in [0, 0.05) is 28.0 Å². The van der Waals surface area contributed by atoms with Gasteiger partial charge in [0.25, 0.3) is 0 Å². The summed E-state index contributed by atoms with van der Waals surface area (Å²) < 4.78 is 6.98. The van der Waals surface area contributed by atoms with Crippen LogP contribution < -0.4 is 0 Å². The third-order valence-electron chi connectivity index (χ3n) is 5.13. The first-order valence-corrected chi connectivity index (χ1v) is 10.8. The molecule has 1 aromatic carbocycles. The van der Waals surface area contributed by atoms with Crippen molar-refractivity contribution in [3.05, 3.63) is 68.9 Å². The minimum absolute atomic E-state index is 0.0712. The van der Waals surface area contributed by atoms with Gasteiger partial charge in [-0.05, 0) is 46.0 Å². The molecule has 2 aromatic heterocycles. The molecule has 29 heavy (non-hydrogen) atoms. The van der Waals surface area contributed by atoms with E-state index in [0.29, 0.717) is 0 Å². The molecule has 0 amide bonds. The first-order valence-electron chi connectivity index (χ1n) is 9.05. The Morgan fingerprint density at radius 3 is 2.72 bits per heavy atom. The van der Waals surface area contributed by atoms with Crippen LogP contribution in [0.2, 0.25) is 0 Å². The van der Waals surface area contributed by atoms with Gasteiger partial charge in [-0.3, -0.25) is 0 Å². The Bertz CT molecular complexity index is 1050. The van der Waals surface area contributed by atoms with Crippen molar-refractivity contribution in [3.8, 4) is 0 Å². The van der Waals surface area contributed by atoms with Crippen LogP contribution in [0.3, 0.4) is 0 Å². The Morgan fingerprint density at radius 1 is 1.17 bits per heavy atom. The Balaban J connectivity index is 1.70. The fourth-order valence-electron chi connectivity index (χ4n) is 3.57. The first kappa shape index (κ1) is 20.1. The molecule has 8 heteroatoms. The molecule has 3 atom stereocenters. The number of ether oxygens (including phenoxy) is 1. The highest BCUT2D eigenvalue weighted by Gasteiger charge is 2.50. The van der Waals surface area contributed by atoms with Crippen LogP contribution in [0.1, 0.15) is 16.9 Å². The lowest BCUT2D eigenvalue weighted by molar-refractivity contribution is -0.162. The summed E-state index contributed by atoms with van der Waals surface area (Å²) in [7, 11) is 0. The highest BCUT2D eigenvalue weighted by molar-refractivity contribution is 7.17. The van der Waals surface area contributed by atoms with E-state index < -0.39 is 30.2 Å². The van der Waals surface area contributed by atoms with Gasteiger partial charge in [0.15, 0.2) is 5.60 Å². The quantitative estimate of drug-likeness (QED) is 0.477. The zero-order chi connectivity index (χ0) is 20.6. The summed E-state index contributed by atoms with van der Waals surface area (Å²) in [6.07, 6.45) is -3.24. The monoisotopic (exact) mass is 432 g/mol. The van der Waals surface area contributed by atoms with E-state index >= 15 is 0 Å². The molecule has 0 radical (unpaired) electrons. The van der Waals surface area contributed by atoms with Crippen LogP contribution in [0.5, 0.6) is 0 Å². The number of hydrogen-bond acceptors (Lipinski definition) is 7. The molecule has 4 N–H and O–H groups in total. The molecule has 3 aromatic rings. The summed E-state index contributed by atoms with van der Waals surface area (Å²) >= 11 is 3.04. The molecular formula is C21H20O6S2. The molecule has 0 fully saturated rings. The second-order valence-corrected chi connectivity index (χ2v) is 9.04. The first-order chi connectivity index (χ1) is 13.9. The number of aliphatic carboxylic acids is 1. The van der Waals surface area contributed by atoms with Gasteiger partial charge in [-0.1, -0.05) is 12.1 Å². The molecule has 152 valence electrons. The molecular weight excluding hydrogens is 412 g/mol. The van der Waals surface area contributed by atoms with Gasteiger partial charge in [0.1, 0.15) is 18.5 Å². The molecule has 0 spiro atoms. The van der Waals surface area contributed by atoms with Crippen LogP contribution in [0, 0.1) is 0 Å². The van der Waals surface area contributed by atoms with Gasteiger partial charge in [0.05, 0.1) is 6.10 Å². The van der Waals surface area contributed by atoms with Crippen molar-refractivity contribution in [3.63, 3.8) is 0 Å². The minimum Gasteiger partial charge on any atom is -0.490 e. The summed E-state index contributed by atoms with van der Waals surface area (Å²) in [5.41, 5.74) is -1.40. The van der Waals surface area contributed by atoms with Crippen LogP contribution in [0.25, 0.3) is 10.1 Å². The lowest BCUT2D eigenvalue weighted by Gasteiger charge is -2.38. The van der Waals surface area contributed by atoms with E-state index in [9.17, 15) is 25.2 Å². The summed E-state index contributed by atoms with van der Waals surface area (Å²) in [6, 6.07) is 11.5. The van der Waals surface area contributed by atoms with Crippen LogP contribution >= 0.6 is 22.7 Å². The maximum atomic E-state index is 11.9. The lowest BCUT2D eigenvalue weighted by atomic mass is 9.77. The topological polar surface area (TPSA) is 107 Å². The van der Waals surface area contributed by atoms with Crippen LogP contribution in [-0.2, 0) is 22.6 Å². The molecule has 0 unspecified atom stereocenters. The Labute approximate surface area is 174 Å². The van der Waals surface area contributed by atoms with E-state index in [1.807, 2.05) is 47.2 Å². The van der Waals surface area contributed by atoms with E-state index in [0.717, 1.165) is 20.5 Å². The minimum atomic E-state index is -2.31. The van der Waals surface area contributed by atoms with Gasteiger partial charge in [-0.15, -0.1) is 22.7 Å². The number of carbonyl (C=O) groups is 1. The maximum Gasteiger partial charge on any atom is 0.340 e. The number of rotatable bonds is 6. The second kappa shape index (κ2) is 7.89. The number of benzene rings is 1. The van der Waals surface area contributed by atoms with Crippen LogP contribution in [0.15, 0.2) is 58.5 Å². The number of carboxylic acid groups (broad SMARTS) is 1. The van der Waals surface area contributed by atoms with Crippen molar-refractivity contribution in [2.45, 2.75) is 37.3 Å². The van der Waals surface area contributed by atoms with Crippen molar-refractivity contribution in [1.82, 2.24) is 0 Å². The molecule has 1 aliphatic carbocycles. The Hall–Kier alpha value is -2.23. The Morgan fingerprint density at radius 2 is 2.00 bits per heavy atom. The van der Waals surface area contributed by atoms with Crippen molar-refractivity contribution in [1.29, 1.82) is 0 Å². The average molecular weight is 433 g/mol. The summed E-state index contributed by atoms with van der Waals surface area (Å²) in [5.74, 6) is -1.55. The predicted molar refractivity (Wildman–Crippen MR) is 111 cm³/mol. The standard InChI is InChI=1S/C21H20O6S2/c22-16-10-21(26,20(24)25)15(9-14-2-1-6-28-14)19(18(16)23)27-11-12-3-4-17-13(8-12)5-7-29-17/h1-8,16,18,22-23,26H,9-11H2,(H,24,25)/t16-,18+,21-/m1/s1. The van der Waals surface area contributed by atoms with Gasteiger partial charge in [-0.25, -0.2) is 4.79 Å². The molecule has 0 saturated heterocycles. The van der Waals surface area contributed by atoms with Crippen molar-refractivity contribution < 1.29 is 30.0 Å². The largest absolute Gasteiger partial charge is 0.490 e. The summed E-state index contributed by atoms with van der Waals surface area (Å²) in [5, 5.41) is 46.2. The van der Waals surface area contributed by atoms with Gasteiger partial charge < -0.3 is 25.2 Å². The number of hydrogen-bond donors (Lipinski definition) is 4. The third-order valence-corrected chi connectivity index (χ3v) is 6.90. The van der Waals surface area contributed by atoms with Crippen molar-refractivity contribution >= 4 is 38.7 Å². The van der Waals surface area contributed by atoms with Crippen molar-refractivity contribution in [2.75, 3.05) is 0 Å². The zero-order valence-electron chi connectivity index (χ0n) is 15.3. The lowest BCUT2D eigenvalue weighted by Crippen LogP contribution is -2.52. The number of thiophene rings is 2. The maximum absolute atomic E-state index is 11.9. The smallest absolute Gasteiger partial charge is 0.340 e. The van der Waals surface area contributed by atoms with E-state index in [2.05, 4.69) is 0 Å². The normalized spacial score (nSPS) is 24.8. The summed E-state index contributed by atoms with van der Waals surface area (Å²) in [4.78, 5) is 12.7. The van der Waals surface area contributed by atoms with Gasteiger partial charge >= 0.3 is 5.97 Å².